The van der Waals surface area contributed by atoms with Gasteiger partial charge in [0.05, 0.1) is 0 Å². The number of hydrogen-bond donors (Lipinski definition) is 0. The van der Waals surface area contributed by atoms with Crippen molar-refractivity contribution in [3.63, 3.8) is 0 Å². The minimum Gasteiger partial charge on any atom is -0.313 e. The van der Waals surface area contributed by atoms with Crippen LogP contribution in [0.25, 0.3) is 11.2 Å². The highest BCUT2D eigenvalue weighted by molar-refractivity contribution is 6.17. The van der Waals surface area contributed by atoms with E-state index < -0.39 is 0 Å². The van der Waals surface area contributed by atoms with Crippen LogP contribution >= 0.6 is 11.6 Å². The van der Waals surface area contributed by atoms with Gasteiger partial charge in [-0.05, 0) is 30.9 Å². The number of aromatic nitrogens is 3. The fourth-order valence-electron chi connectivity index (χ4n) is 2.17. The first-order valence-electron chi connectivity index (χ1n) is 6.58. The minimum absolute atomic E-state index is 0.605. The molecule has 0 fully saturated rings. The molecule has 0 N–H and O–H groups in total. The molecule has 0 aliphatic rings. The molecule has 0 aliphatic carbocycles. The minimum atomic E-state index is 0.605. The van der Waals surface area contributed by atoms with Gasteiger partial charge in [-0.15, -0.1) is 11.6 Å². The maximum Gasteiger partial charge on any atom is 0.159 e. The lowest BCUT2D eigenvalue weighted by molar-refractivity contribution is 0.509. The maximum absolute atomic E-state index is 5.85. The fraction of sp³-hybridized carbons (Fsp3) is 0.571. The van der Waals surface area contributed by atoms with Crippen LogP contribution in [0, 0.1) is 5.92 Å². The molecule has 0 unspecified atom stereocenters. The van der Waals surface area contributed by atoms with Crippen LogP contribution in [0.5, 0.6) is 0 Å². The molecule has 2 heterocycles. The summed E-state index contributed by atoms with van der Waals surface area (Å²) >= 11 is 5.85. The van der Waals surface area contributed by atoms with E-state index in [9.17, 15) is 0 Å². The molecule has 0 radical (unpaired) electrons. The lowest BCUT2D eigenvalue weighted by Gasteiger charge is -2.09. The summed E-state index contributed by atoms with van der Waals surface area (Å²) < 4.78 is 2.22. The summed E-state index contributed by atoms with van der Waals surface area (Å²) in [4.78, 5) is 9.06. The van der Waals surface area contributed by atoms with Gasteiger partial charge >= 0.3 is 0 Å². The Balaban J connectivity index is 2.24. The Morgan fingerprint density at radius 2 is 2.22 bits per heavy atom. The van der Waals surface area contributed by atoms with Gasteiger partial charge in [0.1, 0.15) is 11.3 Å². The van der Waals surface area contributed by atoms with Crippen LogP contribution in [0.15, 0.2) is 18.3 Å². The Kier molecular flexibility index (Phi) is 4.59. The van der Waals surface area contributed by atoms with Crippen LogP contribution in [0.2, 0.25) is 0 Å². The van der Waals surface area contributed by atoms with E-state index in [-0.39, 0.29) is 0 Å². The quantitative estimate of drug-likeness (QED) is 0.747. The van der Waals surface area contributed by atoms with Crippen molar-refractivity contribution >= 4 is 22.8 Å². The highest BCUT2D eigenvalue weighted by Gasteiger charge is 2.10. The summed E-state index contributed by atoms with van der Waals surface area (Å²) in [5, 5.41) is 0. The van der Waals surface area contributed by atoms with Gasteiger partial charge in [0.25, 0.3) is 0 Å². The summed E-state index contributed by atoms with van der Waals surface area (Å²) in [6.45, 7) is 5.49. The van der Waals surface area contributed by atoms with Crippen molar-refractivity contribution in [2.45, 2.75) is 39.7 Å². The molecular weight excluding hydrogens is 246 g/mol. The molecule has 0 saturated heterocycles. The van der Waals surface area contributed by atoms with E-state index in [2.05, 4.69) is 28.4 Å². The monoisotopic (exact) mass is 265 g/mol. The van der Waals surface area contributed by atoms with Crippen molar-refractivity contribution in [3.8, 4) is 0 Å². The molecule has 0 bridgehead atoms. The number of pyridine rings is 1. The lowest BCUT2D eigenvalue weighted by atomic mass is 10.1. The number of halogens is 1. The number of nitrogens with zero attached hydrogens (tertiary/aromatic N) is 3. The first kappa shape index (κ1) is 13.3. The third kappa shape index (κ3) is 3.02. The Bertz CT molecular complexity index is 505. The first-order valence-corrected chi connectivity index (χ1v) is 7.12. The number of hydrogen-bond acceptors (Lipinski definition) is 2. The third-order valence-corrected chi connectivity index (χ3v) is 3.25. The van der Waals surface area contributed by atoms with Crippen molar-refractivity contribution in [3.05, 3.63) is 24.2 Å². The zero-order valence-corrected chi connectivity index (χ0v) is 11.8. The molecule has 0 saturated carbocycles. The van der Waals surface area contributed by atoms with Gasteiger partial charge in [0.15, 0.2) is 5.65 Å². The van der Waals surface area contributed by atoms with Gasteiger partial charge in [0.2, 0.25) is 0 Å². The molecule has 0 amide bonds. The zero-order chi connectivity index (χ0) is 13.0. The second-order valence-corrected chi connectivity index (χ2v) is 5.38. The highest BCUT2D eigenvalue weighted by Crippen LogP contribution is 2.16. The van der Waals surface area contributed by atoms with Crippen LogP contribution < -0.4 is 0 Å². The molecular formula is C14H20ClN3. The topological polar surface area (TPSA) is 30.7 Å². The van der Waals surface area contributed by atoms with Gasteiger partial charge < -0.3 is 4.57 Å². The average molecular weight is 266 g/mol. The summed E-state index contributed by atoms with van der Waals surface area (Å²) in [7, 11) is 0. The highest BCUT2D eigenvalue weighted by atomic mass is 35.5. The molecule has 3 nitrogen and oxygen atoms in total. The van der Waals surface area contributed by atoms with Crippen molar-refractivity contribution < 1.29 is 0 Å². The van der Waals surface area contributed by atoms with Gasteiger partial charge in [-0.1, -0.05) is 13.8 Å². The van der Waals surface area contributed by atoms with Gasteiger partial charge in [-0.3, -0.25) is 0 Å². The molecule has 4 heteroatoms. The summed E-state index contributed by atoms with van der Waals surface area (Å²) in [6.07, 6.45) is 5.02. The average Bonchev–Trinajstić information content (AvgIpc) is 2.68. The van der Waals surface area contributed by atoms with Crippen LogP contribution in [-0.2, 0) is 13.0 Å². The molecule has 0 aromatic carbocycles. The van der Waals surface area contributed by atoms with E-state index in [1.165, 1.54) is 6.42 Å². The standard InChI is InChI=1S/C14H20ClN3/c1-11(2)5-4-10-18-13(7-8-15)17-12-6-3-9-16-14(12)18/h3,6,9,11H,4-5,7-8,10H2,1-2H3. The summed E-state index contributed by atoms with van der Waals surface area (Å²) in [5.74, 6) is 2.40. The summed E-state index contributed by atoms with van der Waals surface area (Å²) in [5.41, 5.74) is 1.96. The van der Waals surface area contributed by atoms with E-state index in [4.69, 9.17) is 11.6 Å². The van der Waals surface area contributed by atoms with E-state index in [0.717, 1.165) is 42.3 Å². The van der Waals surface area contributed by atoms with Crippen molar-refractivity contribution in [1.29, 1.82) is 0 Å². The smallest absolute Gasteiger partial charge is 0.159 e. The predicted molar refractivity (Wildman–Crippen MR) is 76.0 cm³/mol. The van der Waals surface area contributed by atoms with Crippen LogP contribution in [-0.4, -0.2) is 20.4 Å². The van der Waals surface area contributed by atoms with Gasteiger partial charge in [-0.25, -0.2) is 9.97 Å². The molecule has 2 rings (SSSR count). The Hall–Kier alpha value is -1.09. The van der Waals surface area contributed by atoms with Gasteiger partial charge in [0, 0.05) is 25.0 Å². The summed E-state index contributed by atoms with van der Waals surface area (Å²) in [6, 6.07) is 3.94. The van der Waals surface area contributed by atoms with E-state index >= 15 is 0 Å². The van der Waals surface area contributed by atoms with Crippen molar-refractivity contribution in [1.82, 2.24) is 14.5 Å². The molecule has 2 aromatic heterocycles. The maximum atomic E-state index is 5.85. The Labute approximate surface area is 113 Å². The van der Waals surface area contributed by atoms with E-state index in [1.54, 1.807) is 0 Å². The van der Waals surface area contributed by atoms with Crippen molar-refractivity contribution in [2.75, 3.05) is 5.88 Å². The van der Waals surface area contributed by atoms with E-state index in [0.29, 0.717) is 5.88 Å². The largest absolute Gasteiger partial charge is 0.313 e. The van der Waals surface area contributed by atoms with Crippen molar-refractivity contribution in [2.24, 2.45) is 5.92 Å². The SMILES string of the molecule is CC(C)CCCn1c(CCCl)nc2cccnc21. The lowest BCUT2D eigenvalue weighted by Crippen LogP contribution is -2.06. The Morgan fingerprint density at radius 3 is 2.94 bits per heavy atom. The van der Waals surface area contributed by atoms with Crippen LogP contribution in [0.1, 0.15) is 32.5 Å². The zero-order valence-electron chi connectivity index (χ0n) is 11.1. The fourth-order valence-corrected chi connectivity index (χ4v) is 2.34. The number of fused-ring (bicyclic) bond motifs is 1. The number of alkyl halides is 1. The van der Waals surface area contributed by atoms with E-state index in [1.807, 2.05) is 18.3 Å². The molecule has 0 spiro atoms. The molecule has 0 atom stereocenters. The Morgan fingerprint density at radius 1 is 1.39 bits per heavy atom. The third-order valence-electron chi connectivity index (χ3n) is 3.06. The van der Waals surface area contributed by atoms with Gasteiger partial charge in [-0.2, -0.15) is 0 Å². The van der Waals surface area contributed by atoms with Crippen LogP contribution in [0.4, 0.5) is 0 Å². The second kappa shape index (κ2) is 6.19. The predicted octanol–water partition coefficient (Wildman–Crippen LogP) is 3.65. The number of imidazole rings is 1. The first-order chi connectivity index (χ1) is 8.72. The molecule has 0 aliphatic heterocycles. The van der Waals surface area contributed by atoms with Crippen LogP contribution in [0.3, 0.4) is 0 Å². The number of aryl methyl sites for hydroxylation is 2. The normalized spacial score (nSPS) is 11.6. The molecule has 2 aromatic rings. The number of rotatable bonds is 6. The molecule has 18 heavy (non-hydrogen) atoms. The second-order valence-electron chi connectivity index (χ2n) is 5.00. The molecule has 98 valence electrons.